The summed E-state index contributed by atoms with van der Waals surface area (Å²) < 4.78 is 27.2. The molecule has 2 aromatic rings. The molecule has 0 unspecified atom stereocenters. The number of hydrogen-bond acceptors (Lipinski definition) is 7. The number of amides is 4. The highest BCUT2D eigenvalue weighted by Crippen LogP contribution is 2.37. The number of piperidine rings is 1. The van der Waals surface area contributed by atoms with Crippen molar-refractivity contribution < 1.29 is 22.8 Å². The summed E-state index contributed by atoms with van der Waals surface area (Å²) in [5, 5.41) is 5.18. The molecule has 0 spiro atoms. The summed E-state index contributed by atoms with van der Waals surface area (Å²) in [7, 11) is -1.64. The van der Waals surface area contributed by atoms with Crippen LogP contribution in [0.3, 0.4) is 0 Å². The van der Waals surface area contributed by atoms with Gasteiger partial charge in [-0.05, 0) is 56.1 Å². The smallest absolute Gasteiger partial charge is 0.319 e. The molecular formula is C22H27N5O5S2. The van der Waals surface area contributed by atoms with Gasteiger partial charge in [-0.3, -0.25) is 14.9 Å². The molecule has 0 saturated carbocycles. The second-order valence-electron chi connectivity index (χ2n) is 8.46. The Bertz CT molecular complexity index is 1220. The van der Waals surface area contributed by atoms with Crippen LogP contribution in [0.1, 0.15) is 50.4 Å². The van der Waals surface area contributed by atoms with Gasteiger partial charge in [-0.1, -0.05) is 6.42 Å². The number of urea groups is 1. The highest BCUT2D eigenvalue weighted by Gasteiger charge is 2.29. The second kappa shape index (κ2) is 9.82. The molecule has 12 heteroatoms. The SMILES string of the molecule is CN1CCc2c(sc(NC(=O)c3ccc(S(=O)(=O)N4CCCCC4)cc3)c2C(=O)NC(N)=O)C1. The van der Waals surface area contributed by atoms with Crippen molar-refractivity contribution in [2.24, 2.45) is 5.73 Å². The minimum absolute atomic E-state index is 0.141. The number of nitrogens with two attached hydrogens (primary N) is 1. The van der Waals surface area contributed by atoms with E-state index in [1.165, 1.54) is 39.9 Å². The zero-order chi connectivity index (χ0) is 24.5. The van der Waals surface area contributed by atoms with Crippen LogP contribution in [0.4, 0.5) is 9.80 Å². The maximum atomic E-state index is 13.0. The van der Waals surface area contributed by atoms with E-state index in [4.69, 9.17) is 5.73 Å². The van der Waals surface area contributed by atoms with Gasteiger partial charge in [0.15, 0.2) is 0 Å². The number of rotatable bonds is 5. The van der Waals surface area contributed by atoms with Crippen LogP contribution in [-0.2, 0) is 23.0 Å². The molecule has 1 fully saturated rings. The van der Waals surface area contributed by atoms with Crippen LogP contribution < -0.4 is 16.4 Å². The zero-order valence-electron chi connectivity index (χ0n) is 18.8. The van der Waals surface area contributed by atoms with Gasteiger partial charge < -0.3 is 16.0 Å². The molecular weight excluding hydrogens is 478 g/mol. The number of hydrogen-bond donors (Lipinski definition) is 3. The molecule has 0 aliphatic carbocycles. The van der Waals surface area contributed by atoms with Gasteiger partial charge in [0.2, 0.25) is 10.0 Å². The molecule has 4 N–H and O–H groups in total. The first-order chi connectivity index (χ1) is 16.2. The third-order valence-corrected chi connectivity index (χ3v) is 9.05. The van der Waals surface area contributed by atoms with E-state index in [2.05, 4.69) is 15.5 Å². The first-order valence-corrected chi connectivity index (χ1v) is 13.3. The second-order valence-corrected chi connectivity index (χ2v) is 11.5. The maximum Gasteiger partial charge on any atom is 0.319 e. The number of thiophene rings is 1. The number of likely N-dealkylation sites (N-methyl/N-ethyl adjacent to an activating group) is 1. The monoisotopic (exact) mass is 505 g/mol. The van der Waals surface area contributed by atoms with Gasteiger partial charge >= 0.3 is 6.03 Å². The molecule has 1 aromatic carbocycles. The van der Waals surface area contributed by atoms with Gasteiger partial charge in [0.25, 0.3) is 11.8 Å². The Labute approximate surface area is 202 Å². The molecule has 1 aromatic heterocycles. The topological polar surface area (TPSA) is 142 Å². The van der Waals surface area contributed by atoms with Crippen LogP contribution in [0.15, 0.2) is 29.2 Å². The Morgan fingerprint density at radius 2 is 1.68 bits per heavy atom. The lowest BCUT2D eigenvalue weighted by Gasteiger charge is -2.25. The molecule has 34 heavy (non-hydrogen) atoms. The van der Waals surface area contributed by atoms with Crippen molar-refractivity contribution >= 4 is 44.2 Å². The molecule has 1 saturated heterocycles. The largest absolute Gasteiger partial charge is 0.351 e. The van der Waals surface area contributed by atoms with Crippen LogP contribution in [0.5, 0.6) is 0 Å². The van der Waals surface area contributed by atoms with E-state index in [0.717, 1.165) is 36.2 Å². The first-order valence-electron chi connectivity index (χ1n) is 11.0. The van der Waals surface area contributed by atoms with E-state index in [1.54, 1.807) is 0 Å². The standard InChI is InChI=1S/C22H27N5O5S2/c1-26-12-9-16-17(13-26)33-21(18(16)20(29)25-22(23)30)24-19(28)14-5-7-15(8-6-14)34(31,32)27-10-3-2-4-11-27/h5-8H,2-4,9-13H2,1H3,(H,24,28)(H3,23,25,29,30). The summed E-state index contributed by atoms with van der Waals surface area (Å²) in [5.74, 6) is -1.14. The Morgan fingerprint density at radius 1 is 1.00 bits per heavy atom. The number of fused-ring (bicyclic) bond motifs is 1. The van der Waals surface area contributed by atoms with Gasteiger partial charge in [-0.25, -0.2) is 13.2 Å². The Kier molecular flexibility index (Phi) is 7.03. The van der Waals surface area contributed by atoms with Crippen molar-refractivity contribution in [3.8, 4) is 0 Å². The number of benzene rings is 1. The summed E-state index contributed by atoms with van der Waals surface area (Å²) in [6, 6.07) is 4.79. The molecule has 0 atom stereocenters. The summed E-state index contributed by atoms with van der Waals surface area (Å²) in [4.78, 5) is 40.0. The third kappa shape index (κ3) is 4.99. The Morgan fingerprint density at radius 3 is 2.32 bits per heavy atom. The number of anilines is 1. The molecule has 10 nitrogen and oxygen atoms in total. The molecule has 4 rings (SSSR count). The van der Waals surface area contributed by atoms with E-state index >= 15 is 0 Å². The fourth-order valence-electron chi connectivity index (χ4n) is 4.24. The Balaban J connectivity index is 1.57. The minimum atomic E-state index is -3.60. The predicted octanol–water partition coefficient (Wildman–Crippen LogP) is 1.97. The van der Waals surface area contributed by atoms with E-state index < -0.39 is 27.9 Å². The normalized spacial score (nSPS) is 17.1. The summed E-state index contributed by atoms with van der Waals surface area (Å²) in [5.41, 5.74) is 6.41. The van der Waals surface area contributed by atoms with Gasteiger partial charge in [0.05, 0.1) is 10.5 Å². The fourth-order valence-corrected chi connectivity index (χ4v) is 7.08. The molecule has 0 radical (unpaired) electrons. The van der Waals surface area contributed by atoms with E-state index in [1.807, 2.05) is 7.05 Å². The number of carbonyl (C=O) groups is 3. The Hall–Kier alpha value is -2.80. The summed E-state index contributed by atoms with van der Waals surface area (Å²) >= 11 is 1.28. The van der Waals surface area contributed by atoms with E-state index in [9.17, 15) is 22.8 Å². The number of imide groups is 1. The fraction of sp³-hybridized carbons (Fsp3) is 0.409. The highest BCUT2D eigenvalue weighted by molar-refractivity contribution is 7.89. The number of carbonyl (C=O) groups excluding carboxylic acids is 3. The maximum absolute atomic E-state index is 13.0. The predicted molar refractivity (Wildman–Crippen MR) is 128 cm³/mol. The number of primary amides is 1. The minimum Gasteiger partial charge on any atom is -0.351 e. The van der Waals surface area contributed by atoms with Crippen LogP contribution >= 0.6 is 11.3 Å². The quantitative estimate of drug-likeness (QED) is 0.567. The average Bonchev–Trinajstić information content (AvgIpc) is 3.16. The van der Waals surface area contributed by atoms with Crippen molar-refractivity contribution in [2.45, 2.75) is 37.1 Å². The van der Waals surface area contributed by atoms with Crippen molar-refractivity contribution in [3.05, 3.63) is 45.8 Å². The number of sulfonamides is 1. The van der Waals surface area contributed by atoms with Crippen LogP contribution in [0, 0.1) is 0 Å². The molecule has 2 aliphatic heterocycles. The molecule has 182 valence electrons. The highest BCUT2D eigenvalue weighted by atomic mass is 32.2. The van der Waals surface area contributed by atoms with Gasteiger partial charge in [-0.15, -0.1) is 11.3 Å². The molecule has 0 bridgehead atoms. The summed E-state index contributed by atoms with van der Waals surface area (Å²) in [6.45, 7) is 2.36. The number of nitrogens with zero attached hydrogens (tertiary/aromatic N) is 2. The first kappa shape index (κ1) is 24.3. The van der Waals surface area contributed by atoms with Gasteiger partial charge in [0, 0.05) is 36.6 Å². The van der Waals surface area contributed by atoms with Crippen LogP contribution in [0.25, 0.3) is 0 Å². The molecule has 2 aliphatic rings. The van der Waals surface area contributed by atoms with Gasteiger partial charge in [0.1, 0.15) is 5.00 Å². The van der Waals surface area contributed by atoms with E-state index in [-0.39, 0.29) is 16.0 Å². The zero-order valence-corrected chi connectivity index (χ0v) is 20.4. The summed E-state index contributed by atoms with van der Waals surface area (Å²) in [6.07, 6.45) is 3.30. The van der Waals surface area contributed by atoms with Crippen molar-refractivity contribution in [3.63, 3.8) is 0 Å². The van der Waals surface area contributed by atoms with E-state index in [0.29, 0.717) is 31.1 Å². The lowest BCUT2D eigenvalue weighted by Crippen LogP contribution is -2.36. The molecule has 3 heterocycles. The average molecular weight is 506 g/mol. The van der Waals surface area contributed by atoms with Crippen molar-refractivity contribution in [1.29, 1.82) is 0 Å². The van der Waals surface area contributed by atoms with Crippen molar-refractivity contribution in [2.75, 3.05) is 32.0 Å². The lowest BCUT2D eigenvalue weighted by atomic mass is 10.0. The van der Waals surface area contributed by atoms with Crippen LogP contribution in [0.2, 0.25) is 0 Å². The lowest BCUT2D eigenvalue weighted by molar-refractivity contribution is 0.0966. The third-order valence-electron chi connectivity index (χ3n) is 6.01. The van der Waals surface area contributed by atoms with Gasteiger partial charge in [-0.2, -0.15) is 4.31 Å². The number of nitrogens with one attached hydrogen (secondary N) is 2. The van der Waals surface area contributed by atoms with Crippen LogP contribution in [-0.4, -0.2) is 62.2 Å². The van der Waals surface area contributed by atoms with Crippen molar-refractivity contribution in [1.82, 2.24) is 14.5 Å². The molecule has 4 amide bonds.